The second-order valence-electron chi connectivity index (χ2n) is 8.77. The van der Waals surface area contributed by atoms with E-state index >= 15 is 0 Å². The fraction of sp³-hybridized carbons (Fsp3) is 0.696. The van der Waals surface area contributed by atoms with Crippen LogP contribution in [0.4, 0.5) is 5.69 Å². The quantitative estimate of drug-likeness (QED) is 0.807. The van der Waals surface area contributed by atoms with Crippen LogP contribution in [0, 0.1) is 11.8 Å². The van der Waals surface area contributed by atoms with Crippen molar-refractivity contribution < 1.29 is 9.53 Å². The molecule has 2 aliphatic heterocycles. The zero-order chi connectivity index (χ0) is 18.7. The van der Waals surface area contributed by atoms with Crippen molar-refractivity contribution in [3.8, 4) is 0 Å². The third kappa shape index (κ3) is 4.01. The van der Waals surface area contributed by atoms with Gasteiger partial charge in [0.05, 0.1) is 12.5 Å². The fourth-order valence-electron chi connectivity index (χ4n) is 5.56. The summed E-state index contributed by atoms with van der Waals surface area (Å²) in [6.45, 7) is 7.15. The van der Waals surface area contributed by atoms with Crippen LogP contribution in [0.2, 0.25) is 0 Å². The number of anilines is 1. The molecule has 1 aliphatic carbocycles. The summed E-state index contributed by atoms with van der Waals surface area (Å²) in [5.74, 6) is 0.933. The third-order valence-corrected chi connectivity index (χ3v) is 7.21. The van der Waals surface area contributed by atoms with Crippen LogP contribution in [-0.2, 0) is 14.9 Å². The number of nitrogens with zero attached hydrogens (tertiary/aromatic N) is 1. The Labute approximate surface area is 163 Å². The highest BCUT2D eigenvalue weighted by Crippen LogP contribution is 2.44. The van der Waals surface area contributed by atoms with Gasteiger partial charge in [-0.1, -0.05) is 18.2 Å². The lowest BCUT2D eigenvalue weighted by Gasteiger charge is -2.46. The van der Waals surface area contributed by atoms with E-state index in [0.717, 1.165) is 25.3 Å². The maximum atomic E-state index is 11.9. The van der Waals surface area contributed by atoms with Gasteiger partial charge < -0.3 is 15.0 Å². The van der Waals surface area contributed by atoms with Gasteiger partial charge in [-0.15, -0.1) is 0 Å². The maximum Gasteiger partial charge on any atom is 0.308 e. The van der Waals surface area contributed by atoms with Crippen molar-refractivity contribution in [2.45, 2.75) is 57.3 Å². The first kappa shape index (κ1) is 18.8. The second-order valence-corrected chi connectivity index (χ2v) is 8.77. The van der Waals surface area contributed by atoms with E-state index in [1.807, 2.05) is 6.92 Å². The van der Waals surface area contributed by atoms with Crippen LogP contribution in [0.25, 0.3) is 0 Å². The number of hydrogen-bond acceptors (Lipinski definition) is 4. The molecule has 4 rings (SSSR count). The van der Waals surface area contributed by atoms with Gasteiger partial charge in [-0.3, -0.25) is 4.79 Å². The molecular weight excluding hydrogens is 336 g/mol. The molecule has 0 unspecified atom stereocenters. The molecule has 1 spiro atoms. The molecule has 0 atom stereocenters. The van der Waals surface area contributed by atoms with Crippen molar-refractivity contribution in [1.82, 2.24) is 4.90 Å². The molecule has 0 radical (unpaired) electrons. The largest absolute Gasteiger partial charge is 0.466 e. The monoisotopic (exact) mass is 370 g/mol. The number of nitrogens with one attached hydrogen (secondary N) is 1. The van der Waals surface area contributed by atoms with Crippen molar-refractivity contribution in [1.29, 1.82) is 0 Å². The van der Waals surface area contributed by atoms with Gasteiger partial charge in [-0.25, -0.2) is 0 Å². The molecule has 0 bridgehead atoms. The van der Waals surface area contributed by atoms with Crippen molar-refractivity contribution >= 4 is 11.7 Å². The highest BCUT2D eigenvalue weighted by molar-refractivity contribution is 5.72. The summed E-state index contributed by atoms with van der Waals surface area (Å²) in [6, 6.07) is 8.92. The van der Waals surface area contributed by atoms with Crippen LogP contribution in [0.3, 0.4) is 0 Å². The Bertz CT molecular complexity index is 644. The molecule has 27 heavy (non-hydrogen) atoms. The smallest absolute Gasteiger partial charge is 0.308 e. The van der Waals surface area contributed by atoms with Gasteiger partial charge in [-0.2, -0.15) is 0 Å². The Morgan fingerprint density at radius 1 is 1.15 bits per heavy atom. The van der Waals surface area contributed by atoms with Crippen LogP contribution in [-0.4, -0.2) is 43.7 Å². The SMILES string of the molecule is CCOC(=O)C1CCC(CN2CCC3(CCNc4ccccc43)CC2)CC1. The maximum absolute atomic E-state index is 11.9. The van der Waals surface area contributed by atoms with Gasteiger partial charge in [0, 0.05) is 24.2 Å². The number of benzene rings is 1. The van der Waals surface area contributed by atoms with E-state index in [-0.39, 0.29) is 11.9 Å². The van der Waals surface area contributed by atoms with Gasteiger partial charge in [0.2, 0.25) is 0 Å². The molecule has 2 heterocycles. The summed E-state index contributed by atoms with van der Waals surface area (Å²) in [5.41, 5.74) is 3.29. The number of likely N-dealkylation sites (tertiary alicyclic amines) is 1. The third-order valence-electron chi connectivity index (χ3n) is 7.21. The van der Waals surface area contributed by atoms with Crippen molar-refractivity contribution in [2.75, 3.05) is 38.1 Å². The van der Waals surface area contributed by atoms with Crippen molar-refractivity contribution in [3.05, 3.63) is 29.8 Å². The second kappa shape index (κ2) is 8.22. The standard InChI is InChI=1S/C23H34N2O2/c1-2-27-22(26)19-9-7-18(8-10-19)17-25-15-12-23(13-16-25)11-14-24-21-6-4-3-5-20(21)23/h3-6,18-19,24H,2,7-17H2,1H3. The Morgan fingerprint density at radius 3 is 2.63 bits per heavy atom. The Balaban J connectivity index is 1.28. The van der Waals surface area contributed by atoms with E-state index in [1.54, 1.807) is 5.56 Å². The van der Waals surface area contributed by atoms with Gasteiger partial charge in [0.25, 0.3) is 0 Å². The van der Waals surface area contributed by atoms with E-state index in [0.29, 0.717) is 12.0 Å². The molecule has 3 aliphatic rings. The van der Waals surface area contributed by atoms with Gasteiger partial charge in [-0.05, 0) is 82.5 Å². The first-order chi connectivity index (χ1) is 13.2. The zero-order valence-corrected chi connectivity index (χ0v) is 16.7. The van der Waals surface area contributed by atoms with Crippen LogP contribution < -0.4 is 5.32 Å². The number of esters is 1. The molecule has 1 aromatic carbocycles. The van der Waals surface area contributed by atoms with Crippen molar-refractivity contribution in [3.63, 3.8) is 0 Å². The molecule has 1 saturated carbocycles. The van der Waals surface area contributed by atoms with E-state index < -0.39 is 0 Å². The van der Waals surface area contributed by atoms with Crippen molar-refractivity contribution in [2.24, 2.45) is 11.8 Å². The normalized spacial score (nSPS) is 27.6. The number of para-hydroxylation sites is 1. The summed E-state index contributed by atoms with van der Waals surface area (Å²) in [5, 5.41) is 3.58. The summed E-state index contributed by atoms with van der Waals surface area (Å²) in [4.78, 5) is 14.6. The molecule has 1 N–H and O–H groups in total. The fourth-order valence-corrected chi connectivity index (χ4v) is 5.56. The number of carbonyl (C=O) groups excluding carboxylic acids is 1. The van der Waals surface area contributed by atoms with E-state index in [9.17, 15) is 4.79 Å². The molecule has 148 valence electrons. The molecule has 0 amide bonds. The molecule has 4 heteroatoms. The summed E-state index contributed by atoms with van der Waals surface area (Å²) < 4.78 is 5.20. The molecule has 0 aromatic heterocycles. The highest BCUT2D eigenvalue weighted by Gasteiger charge is 2.39. The molecular formula is C23H34N2O2. The van der Waals surface area contributed by atoms with Crippen LogP contribution in [0.1, 0.15) is 57.4 Å². The van der Waals surface area contributed by atoms with E-state index in [2.05, 4.69) is 34.5 Å². The molecule has 2 fully saturated rings. The van der Waals surface area contributed by atoms with Crippen LogP contribution in [0.15, 0.2) is 24.3 Å². The van der Waals surface area contributed by atoms with Gasteiger partial charge in [0.1, 0.15) is 0 Å². The summed E-state index contributed by atoms with van der Waals surface area (Å²) in [7, 11) is 0. The highest BCUT2D eigenvalue weighted by atomic mass is 16.5. The number of carbonyl (C=O) groups is 1. The minimum Gasteiger partial charge on any atom is -0.466 e. The minimum absolute atomic E-state index is 0.0282. The number of hydrogen-bond donors (Lipinski definition) is 1. The molecule has 1 saturated heterocycles. The number of ether oxygens (including phenoxy) is 1. The minimum atomic E-state index is 0.0282. The Hall–Kier alpha value is -1.55. The summed E-state index contributed by atoms with van der Waals surface area (Å²) >= 11 is 0. The Kier molecular flexibility index (Phi) is 5.72. The number of rotatable bonds is 4. The van der Waals surface area contributed by atoms with E-state index in [1.165, 1.54) is 57.4 Å². The van der Waals surface area contributed by atoms with E-state index in [4.69, 9.17) is 4.74 Å². The lowest BCUT2D eigenvalue weighted by atomic mass is 9.68. The predicted molar refractivity (Wildman–Crippen MR) is 109 cm³/mol. The predicted octanol–water partition coefficient (Wildman–Crippen LogP) is 4.21. The van der Waals surface area contributed by atoms with Crippen LogP contribution >= 0.6 is 0 Å². The lowest BCUT2D eigenvalue weighted by molar-refractivity contribution is -0.149. The topological polar surface area (TPSA) is 41.6 Å². The molecule has 4 nitrogen and oxygen atoms in total. The molecule has 1 aromatic rings. The lowest BCUT2D eigenvalue weighted by Crippen LogP contribution is -2.47. The summed E-state index contributed by atoms with van der Waals surface area (Å²) in [6.07, 6.45) is 8.21. The zero-order valence-electron chi connectivity index (χ0n) is 16.7. The Morgan fingerprint density at radius 2 is 1.89 bits per heavy atom. The number of fused-ring (bicyclic) bond motifs is 2. The van der Waals surface area contributed by atoms with Gasteiger partial charge >= 0.3 is 5.97 Å². The van der Waals surface area contributed by atoms with Gasteiger partial charge in [0.15, 0.2) is 0 Å². The average molecular weight is 371 g/mol. The average Bonchev–Trinajstić information content (AvgIpc) is 2.71. The first-order valence-electron chi connectivity index (χ1n) is 10.9. The number of piperidine rings is 1. The van der Waals surface area contributed by atoms with Crippen LogP contribution in [0.5, 0.6) is 0 Å². The first-order valence-corrected chi connectivity index (χ1v) is 10.9.